The summed E-state index contributed by atoms with van der Waals surface area (Å²) in [6.07, 6.45) is 6.03. The number of rotatable bonds is 8. The summed E-state index contributed by atoms with van der Waals surface area (Å²) in [5, 5.41) is 7.42. The number of halogens is 1. The second-order valence-electron chi connectivity index (χ2n) is 11.8. The van der Waals surface area contributed by atoms with Crippen LogP contribution in [0.1, 0.15) is 37.8 Å². The zero-order chi connectivity index (χ0) is 29.2. The summed E-state index contributed by atoms with van der Waals surface area (Å²) < 4.78 is 0. The number of para-hydroxylation sites is 1. The van der Waals surface area contributed by atoms with Crippen molar-refractivity contribution >= 4 is 46.1 Å². The number of piperazine rings is 1. The average Bonchev–Trinajstić information content (AvgIpc) is 3.45. The molecule has 2 saturated heterocycles. The molecule has 0 spiro atoms. The van der Waals surface area contributed by atoms with Crippen molar-refractivity contribution in [2.45, 2.75) is 45.6 Å². The molecule has 2 N–H and O–H groups in total. The highest BCUT2D eigenvalue weighted by Gasteiger charge is 2.27. The molecule has 0 saturated carbocycles. The fourth-order valence-corrected chi connectivity index (χ4v) is 6.71. The lowest BCUT2D eigenvalue weighted by Gasteiger charge is -2.42. The molecule has 8 nitrogen and oxygen atoms in total. The third kappa shape index (κ3) is 6.07. The quantitative estimate of drug-likeness (QED) is 0.319. The Morgan fingerprint density at radius 1 is 1.00 bits per heavy atom. The maximum absolute atomic E-state index is 6.57. The molecular weight excluding hydrogens is 544 g/mol. The molecule has 9 heteroatoms. The first-order valence-corrected chi connectivity index (χ1v) is 15.7. The van der Waals surface area contributed by atoms with Gasteiger partial charge in [0.2, 0.25) is 5.95 Å². The van der Waals surface area contributed by atoms with Gasteiger partial charge in [0.1, 0.15) is 5.02 Å². The Kier molecular flexibility index (Phi) is 8.56. The molecule has 2 fully saturated rings. The van der Waals surface area contributed by atoms with Gasteiger partial charge in [0, 0.05) is 68.9 Å². The highest BCUT2D eigenvalue weighted by molar-refractivity contribution is 6.33. The lowest BCUT2D eigenvalue weighted by Crippen LogP contribution is -2.52. The molecule has 3 aliphatic rings. The Hall–Kier alpha value is -3.33. The Balaban J connectivity index is 1.14. The number of fused-ring (bicyclic) bond motifs is 1. The van der Waals surface area contributed by atoms with Gasteiger partial charge in [-0.15, -0.1) is 0 Å². The van der Waals surface area contributed by atoms with Crippen LogP contribution >= 0.6 is 11.6 Å². The van der Waals surface area contributed by atoms with Crippen LogP contribution in [-0.4, -0.2) is 78.7 Å². The Morgan fingerprint density at radius 2 is 1.79 bits per heavy atom. The van der Waals surface area contributed by atoms with Gasteiger partial charge in [-0.25, -0.2) is 4.98 Å². The van der Waals surface area contributed by atoms with Gasteiger partial charge in [-0.1, -0.05) is 37.2 Å². The van der Waals surface area contributed by atoms with Crippen molar-refractivity contribution in [3.05, 3.63) is 71.0 Å². The number of aryl methyl sites for hydroxylation is 1. The largest absolute Gasteiger partial charge is 0.371 e. The second-order valence-corrected chi connectivity index (χ2v) is 12.3. The van der Waals surface area contributed by atoms with Gasteiger partial charge in [0.25, 0.3) is 0 Å². The van der Waals surface area contributed by atoms with Gasteiger partial charge in [-0.2, -0.15) is 4.98 Å². The molecule has 0 amide bonds. The number of likely N-dealkylation sites (N-methyl/N-ethyl adjacent to an activating group) is 1. The first kappa shape index (κ1) is 28.8. The maximum atomic E-state index is 6.57. The predicted molar refractivity (Wildman–Crippen MR) is 176 cm³/mol. The second kappa shape index (κ2) is 12.5. The number of nitrogens with one attached hydrogen (secondary N) is 2. The molecule has 222 valence electrons. The highest BCUT2D eigenvalue weighted by Crippen LogP contribution is 2.39. The van der Waals surface area contributed by atoms with Gasteiger partial charge in [-0.05, 0) is 75.0 Å². The van der Waals surface area contributed by atoms with E-state index >= 15 is 0 Å². The van der Waals surface area contributed by atoms with Crippen molar-refractivity contribution in [2.75, 3.05) is 73.3 Å². The topological polar surface area (TPSA) is 62.8 Å². The fraction of sp³-hybridized carbons (Fsp3) is 0.455. The van der Waals surface area contributed by atoms with Gasteiger partial charge in [-0.3, -0.25) is 4.90 Å². The summed E-state index contributed by atoms with van der Waals surface area (Å²) in [6.45, 7) is 16.3. The van der Waals surface area contributed by atoms with Crippen molar-refractivity contribution in [3.8, 4) is 0 Å². The number of benzene rings is 2. The summed E-state index contributed by atoms with van der Waals surface area (Å²) in [7, 11) is 2.23. The summed E-state index contributed by atoms with van der Waals surface area (Å²) in [6, 6.07) is 13.7. The molecule has 0 atom stereocenters. The molecule has 2 aromatic carbocycles. The zero-order valence-electron chi connectivity index (χ0n) is 25.2. The number of anilines is 6. The normalized spacial score (nSPS) is 18.3. The van der Waals surface area contributed by atoms with Crippen LogP contribution in [0.4, 0.5) is 34.5 Å². The van der Waals surface area contributed by atoms with E-state index in [1.54, 1.807) is 6.20 Å². The van der Waals surface area contributed by atoms with Crippen molar-refractivity contribution in [1.29, 1.82) is 0 Å². The summed E-state index contributed by atoms with van der Waals surface area (Å²) in [5.41, 5.74) is 8.00. The van der Waals surface area contributed by atoms with Crippen LogP contribution in [0.2, 0.25) is 5.02 Å². The number of allylic oxidation sites excluding steroid dienone is 1. The minimum absolute atomic E-state index is 0.476. The van der Waals surface area contributed by atoms with E-state index in [0.717, 1.165) is 55.2 Å². The Morgan fingerprint density at radius 3 is 2.52 bits per heavy atom. The standard InChI is InChI=1S/C33H43ClN8/c1-5-24-21-27(40-14-12-26(13-15-40)41-19-17-39(4)18-20-41)9-10-29(24)37-33-35-22-28(34)32(38-33)36-30-8-6-7-25-11-16-42(23(2)3)31(25)30/h6-10,21-22,26H,2,5,11-20H2,1,3-4H3,(H2,35,36,37,38). The molecule has 0 aliphatic carbocycles. The predicted octanol–water partition coefficient (Wildman–Crippen LogP) is 6.29. The third-order valence-corrected chi connectivity index (χ3v) is 9.33. The fourth-order valence-electron chi connectivity index (χ4n) is 6.57. The monoisotopic (exact) mass is 586 g/mol. The van der Waals surface area contributed by atoms with Crippen LogP contribution in [0.5, 0.6) is 0 Å². The molecule has 4 heterocycles. The van der Waals surface area contributed by atoms with Crippen molar-refractivity contribution in [2.24, 2.45) is 0 Å². The lowest BCUT2D eigenvalue weighted by atomic mass is 10.0. The molecule has 3 aromatic rings. The minimum atomic E-state index is 0.476. The first-order chi connectivity index (χ1) is 20.4. The first-order valence-electron chi connectivity index (χ1n) is 15.3. The molecule has 0 radical (unpaired) electrons. The van der Waals surface area contributed by atoms with E-state index in [2.05, 4.69) is 92.2 Å². The zero-order valence-corrected chi connectivity index (χ0v) is 25.9. The van der Waals surface area contributed by atoms with Gasteiger partial charge < -0.3 is 25.3 Å². The summed E-state index contributed by atoms with van der Waals surface area (Å²) in [5.74, 6) is 1.09. The molecule has 0 bridgehead atoms. The van der Waals surface area contributed by atoms with Crippen LogP contribution in [0.3, 0.4) is 0 Å². The van der Waals surface area contributed by atoms with Crippen LogP contribution in [-0.2, 0) is 12.8 Å². The van der Waals surface area contributed by atoms with E-state index in [4.69, 9.17) is 16.6 Å². The van der Waals surface area contributed by atoms with Crippen LogP contribution in [0.15, 0.2) is 54.9 Å². The van der Waals surface area contributed by atoms with Crippen LogP contribution in [0.25, 0.3) is 0 Å². The summed E-state index contributed by atoms with van der Waals surface area (Å²) >= 11 is 6.57. The molecule has 0 unspecified atom stereocenters. The number of piperidine rings is 1. The Labute approximate surface area is 255 Å². The number of hydrogen-bond donors (Lipinski definition) is 2. The van der Waals surface area contributed by atoms with E-state index < -0.39 is 0 Å². The van der Waals surface area contributed by atoms with E-state index in [-0.39, 0.29) is 0 Å². The SMILES string of the molecule is C=C(C)N1CCc2cccc(Nc3nc(Nc4ccc(N5CCC(N6CCN(C)CC6)CC5)cc4CC)ncc3Cl)c21. The van der Waals surface area contributed by atoms with Crippen LogP contribution in [0, 0.1) is 0 Å². The van der Waals surface area contributed by atoms with Gasteiger partial charge >= 0.3 is 0 Å². The Bertz CT molecular complexity index is 1430. The molecule has 6 rings (SSSR count). The lowest BCUT2D eigenvalue weighted by molar-refractivity contribution is 0.0982. The van der Waals surface area contributed by atoms with E-state index in [1.165, 1.54) is 55.8 Å². The van der Waals surface area contributed by atoms with Crippen molar-refractivity contribution < 1.29 is 0 Å². The number of hydrogen-bond acceptors (Lipinski definition) is 8. The molecular formula is C33H43ClN8. The summed E-state index contributed by atoms with van der Waals surface area (Å²) in [4.78, 5) is 19.2. The van der Waals surface area contributed by atoms with Gasteiger partial charge in [0.15, 0.2) is 5.82 Å². The minimum Gasteiger partial charge on any atom is -0.371 e. The van der Waals surface area contributed by atoms with Crippen molar-refractivity contribution in [3.63, 3.8) is 0 Å². The van der Waals surface area contributed by atoms with Crippen LogP contribution < -0.4 is 20.4 Å². The molecule has 42 heavy (non-hydrogen) atoms. The third-order valence-electron chi connectivity index (χ3n) is 9.05. The highest BCUT2D eigenvalue weighted by atomic mass is 35.5. The molecule has 3 aliphatic heterocycles. The number of nitrogens with zero attached hydrogens (tertiary/aromatic N) is 6. The van der Waals surface area contributed by atoms with Crippen molar-refractivity contribution in [1.82, 2.24) is 19.8 Å². The van der Waals surface area contributed by atoms with E-state index in [9.17, 15) is 0 Å². The average molecular weight is 587 g/mol. The van der Waals surface area contributed by atoms with Gasteiger partial charge in [0.05, 0.1) is 17.6 Å². The maximum Gasteiger partial charge on any atom is 0.229 e. The smallest absolute Gasteiger partial charge is 0.229 e. The van der Waals surface area contributed by atoms with E-state index in [0.29, 0.717) is 22.8 Å². The molecule has 1 aromatic heterocycles. The number of aromatic nitrogens is 2. The van der Waals surface area contributed by atoms with E-state index in [1.807, 2.05) is 6.92 Å².